The lowest BCUT2D eigenvalue weighted by Crippen LogP contribution is -2.42. The number of nitro groups is 1. The van der Waals surface area contributed by atoms with E-state index < -0.39 is 0 Å². The van der Waals surface area contributed by atoms with Crippen molar-refractivity contribution in [1.82, 2.24) is 10.3 Å². The molecule has 1 aromatic heterocycles. The van der Waals surface area contributed by atoms with Gasteiger partial charge in [-0.1, -0.05) is 6.42 Å². The number of nitrogens with zero attached hydrogens (tertiary/aromatic N) is 3. The minimum absolute atomic E-state index is 0.0656. The summed E-state index contributed by atoms with van der Waals surface area (Å²) in [6, 6.07) is 3.48. The third-order valence-corrected chi connectivity index (χ3v) is 3.23. The van der Waals surface area contributed by atoms with E-state index in [1.54, 1.807) is 12.3 Å². The second-order valence-electron chi connectivity index (χ2n) is 4.63. The maximum absolute atomic E-state index is 10.9. The van der Waals surface area contributed by atoms with Crippen LogP contribution in [-0.4, -0.2) is 36.1 Å². The summed E-state index contributed by atoms with van der Waals surface area (Å²) in [5.41, 5.74) is 0.0656. The fourth-order valence-electron chi connectivity index (χ4n) is 2.32. The highest BCUT2D eigenvalue weighted by Gasteiger charge is 2.21. The van der Waals surface area contributed by atoms with Crippen molar-refractivity contribution >= 4 is 11.5 Å². The third kappa shape index (κ3) is 2.95. The van der Waals surface area contributed by atoms with E-state index in [0.717, 1.165) is 19.5 Å². The van der Waals surface area contributed by atoms with Gasteiger partial charge < -0.3 is 10.2 Å². The molecule has 0 aromatic carbocycles. The van der Waals surface area contributed by atoms with Gasteiger partial charge in [-0.15, -0.1) is 0 Å². The van der Waals surface area contributed by atoms with Crippen LogP contribution in [0.15, 0.2) is 18.3 Å². The zero-order chi connectivity index (χ0) is 13.0. The molecule has 98 valence electrons. The van der Waals surface area contributed by atoms with E-state index in [1.165, 1.54) is 18.9 Å². The van der Waals surface area contributed by atoms with E-state index in [2.05, 4.69) is 10.3 Å². The van der Waals surface area contributed by atoms with Crippen LogP contribution in [0.3, 0.4) is 0 Å². The first-order valence-electron chi connectivity index (χ1n) is 6.22. The Balaban J connectivity index is 2.08. The average molecular weight is 250 g/mol. The molecule has 1 fully saturated rings. The summed E-state index contributed by atoms with van der Waals surface area (Å²) in [5, 5.41) is 14.4. The largest absolute Gasteiger partial charge is 0.352 e. The smallest absolute Gasteiger partial charge is 0.311 e. The van der Waals surface area contributed by atoms with E-state index in [0.29, 0.717) is 11.9 Å². The molecule has 6 nitrogen and oxygen atoms in total. The van der Waals surface area contributed by atoms with Crippen molar-refractivity contribution in [3.63, 3.8) is 0 Å². The molecule has 0 spiro atoms. The summed E-state index contributed by atoms with van der Waals surface area (Å²) in [6.07, 6.45) is 5.14. The Hall–Kier alpha value is -1.69. The van der Waals surface area contributed by atoms with Crippen molar-refractivity contribution in [2.24, 2.45) is 0 Å². The molecule has 1 aliphatic rings. The average Bonchev–Trinajstić information content (AvgIpc) is 2.40. The number of aromatic nitrogens is 1. The van der Waals surface area contributed by atoms with Gasteiger partial charge in [0.2, 0.25) is 5.82 Å². The maximum Gasteiger partial charge on any atom is 0.311 e. The fraction of sp³-hybridized carbons (Fsp3) is 0.583. The van der Waals surface area contributed by atoms with Crippen molar-refractivity contribution in [2.45, 2.75) is 25.3 Å². The summed E-state index contributed by atoms with van der Waals surface area (Å²) < 4.78 is 0. The molecule has 0 aliphatic carbocycles. The monoisotopic (exact) mass is 250 g/mol. The lowest BCUT2D eigenvalue weighted by Gasteiger charge is -2.28. The summed E-state index contributed by atoms with van der Waals surface area (Å²) in [5.74, 6) is 0.440. The van der Waals surface area contributed by atoms with Gasteiger partial charge in [0.25, 0.3) is 0 Å². The third-order valence-electron chi connectivity index (χ3n) is 3.23. The number of likely N-dealkylation sites (N-methyl/N-ethyl adjacent to an activating group) is 1. The van der Waals surface area contributed by atoms with E-state index in [9.17, 15) is 10.1 Å². The predicted molar refractivity (Wildman–Crippen MR) is 69.8 cm³/mol. The molecule has 0 radical (unpaired) electrons. The van der Waals surface area contributed by atoms with Crippen LogP contribution in [-0.2, 0) is 0 Å². The number of piperidine rings is 1. The van der Waals surface area contributed by atoms with E-state index in [-0.39, 0.29) is 10.6 Å². The summed E-state index contributed by atoms with van der Waals surface area (Å²) >= 11 is 0. The number of hydrogen-bond acceptors (Lipinski definition) is 5. The zero-order valence-electron chi connectivity index (χ0n) is 10.5. The molecule has 1 aromatic rings. The molecule has 1 aliphatic heterocycles. The Kier molecular flexibility index (Phi) is 4.09. The van der Waals surface area contributed by atoms with Gasteiger partial charge in [0.15, 0.2) is 0 Å². The van der Waals surface area contributed by atoms with Gasteiger partial charge in [0.05, 0.1) is 4.92 Å². The van der Waals surface area contributed by atoms with Crippen molar-refractivity contribution < 1.29 is 4.92 Å². The standard InChI is InChI=1S/C12H18N4O2/c1-15(9-10-5-2-3-7-13-10)12-11(16(17)18)6-4-8-14-12/h4,6,8,10,13H,2-3,5,7,9H2,1H3/t10-/m0/s1. The Morgan fingerprint density at radius 1 is 1.61 bits per heavy atom. The Morgan fingerprint density at radius 3 is 3.11 bits per heavy atom. The molecule has 0 saturated carbocycles. The van der Waals surface area contributed by atoms with Gasteiger partial charge in [-0.3, -0.25) is 10.1 Å². The molecule has 2 heterocycles. The molecule has 6 heteroatoms. The Morgan fingerprint density at radius 2 is 2.44 bits per heavy atom. The normalized spacial score (nSPS) is 19.5. The van der Waals surface area contributed by atoms with Crippen molar-refractivity contribution in [1.29, 1.82) is 0 Å². The van der Waals surface area contributed by atoms with Gasteiger partial charge >= 0.3 is 5.69 Å². The molecule has 1 atom stereocenters. The SMILES string of the molecule is CN(C[C@@H]1CCCCN1)c1ncccc1[N+](=O)[O-]. The second kappa shape index (κ2) is 5.77. The van der Waals surface area contributed by atoms with E-state index >= 15 is 0 Å². The minimum Gasteiger partial charge on any atom is -0.352 e. The van der Waals surface area contributed by atoms with Crippen LogP contribution in [0, 0.1) is 10.1 Å². The zero-order valence-corrected chi connectivity index (χ0v) is 10.5. The first kappa shape index (κ1) is 12.8. The number of pyridine rings is 1. The van der Waals surface area contributed by atoms with Crippen LogP contribution < -0.4 is 10.2 Å². The molecular formula is C12H18N4O2. The van der Waals surface area contributed by atoms with Crippen LogP contribution in [0.5, 0.6) is 0 Å². The van der Waals surface area contributed by atoms with Crippen molar-refractivity contribution in [2.75, 3.05) is 25.0 Å². The molecule has 2 rings (SSSR count). The molecule has 1 N–H and O–H groups in total. The van der Waals surface area contributed by atoms with Crippen molar-refractivity contribution in [3.05, 3.63) is 28.4 Å². The second-order valence-corrected chi connectivity index (χ2v) is 4.63. The molecule has 0 amide bonds. The minimum atomic E-state index is -0.382. The van der Waals surface area contributed by atoms with Gasteiger partial charge in [-0.05, 0) is 25.5 Å². The van der Waals surface area contributed by atoms with E-state index in [4.69, 9.17) is 0 Å². The van der Waals surface area contributed by atoms with Crippen LogP contribution in [0.25, 0.3) is 0 Å². The number of hydrogen-bond donors (Lipinski definition) is 1. The maximum atomic E-state index is 10.9. The first-order valence-corrected chi connectivity index (χ1v) is 6.22. The number of anilines is 1. The predicted octanol–water partition coefficient (Wildman–Crippen LogP) is 1.57. The van der Waals surface area contributed by atoms with Gasteiger partial charge in [-0.2, -0.15) is 0 Å². The van der Waals surface area contributed by atoms with Gasteiger partial charge in [-0.25, -0.2) is 4.98 Å². The summed E-state index contributed by atoms with van der Waals surface area (Å²) in [4.78, 5) is 16.5. The Labute approximate surface area is 106 Å². The summed E-state index contributed by atoms with van der Waals surface area (Å²) in [6.45, 7) is 1.78. The molecular weight excluding hydrogens is 232 g/mol. The number of rotatable bonds is 4. The first-order chi connectivity index (χ1) is 8.68. The van der Waals surface area contributed by atoms with Crippen LogP contribution in [0.1, 0.15) is 19.3 Å². The highest BCUT2D eigenvalue weighted by atomic mass is 16.6. The lowest BCUT2D eigenvalue weighted by atomic mass is 10.0. The van der Waals surface area contributed by atoms with E-state index in [1.807, 2.05) is 11.9 Å². The van der Waals surface area contributed by atoms with Crippen LogP contribution in [0.2, 0.25) is 0 Å². The van der Waals surface area contributed by atoms with Gasteiger partial charge in [0.1, 0.15) is 0 Å². The quantitative estimate of drug-likeness (QED) is 0.648. The molecule has 0 unspecified atom stereocenters. The molecule has 18 heavy (non-hydrogen) atoms. The van der Waals surface area contributed by atoms with Crippen LogP contribution >= 0.6 is 0 Å². The Bertz CT molecular complexity index is 418. The fourth-order valence-corrected chi connectivity index (χ4v) is 2.32. The lowest BCUT2D eigenvalue weighted by molar-refractivity contribution is -0.384. The number of nitrogens with one attached hydrogen (secondary N) is 1. The van der Waals surface area contributed by atoms with Crippen molar-refractivity contribution in [3.8, 4) is 0 Å². The summed E-state index contributed by atoms with van der Waals surface area (Å²) in [7, 11) is 1.85. The molecule has 1 saturated heterocycles. The topological polar surface area (TPSA) is 71.3 Å². The highest BCUT2D eigenvalue weighted by Crippen LogP contribution is 2.24. The highest BCUT2D eigenvalue weighted by molar-refractivity contribution is 5.56. The van der Waals surface area contributed by atoms with Crippen LogP contribution in [0.4, 0.5) is 11.5 Å². The molecule has 0 bridgehead atoms. The van der Waals surface area contributed by atoms with Gasteiger partial charge in [0, 0.05) is 31.9 Å².